The molecule has 0 radical (unpaired) electrons. The van der Waals surface area contributed by atoms with Crippen molar-refractivity contribution in [2.24, 2.45) is 0 Å². The Bertz CT molecular complexity index is 834. The molecule has 1 heterocycles. The van der Waals surface area contributed by atoms with Crippen LogP contribution in [0.3, 0.4) is 0 Å². The van der Waals surface area contributed by atoms with E-state index in [9.17, 15) is 9.50 Å². The summed E-state index contributed by atoms with van der Waals surface area (Å²) in [6.45, 7) is 1.88. The Kier molecular flexibility index (Phi) is 5.73. The van der Waals surface area contributed by atoms with Gasteiger partial charge in [0.05, 0.1) is 31.9 Å². The quantitative estimate of drug-likeness (QED) is 0.583. The molecule has 0 unspecified atom stereocenters. The fraction of sp³-hybridized carbons (Fsp3) is 0.368. The van der Waals surface area contributed by atoms with Crippen LogP contribution in [0.5, 0.6) is 5.75 Å². The Balaban J connectivity index is 1.60. The van der Waals surface area contributed by atoms with Gasteiger partial charge in [0.15, 0.2) is 0 Å². The van der Waals surface area contributed by atoms with E-state index in [2.05, 4.69) is 28.1 Å². The number of rotatable bonds is 9. The number of hydrogen-bond donors (Lipinski definition) is 2. The molecule has 0 saturated carbocycles. The molecule has 0 saturated heterocycles. The molecular weight excluding hydrogens is 323 g/mol. The molecule has 0 atom stereocenters. The minimum absolute atomic E-state index is 0.131. The van der Waals surface area contributed by atoms with Crippen LogP contribution in [-0.2, 0) is 9.47 Å². The van der Waals surface area contributed by atoms with Gasteiger partial charge >= 0.3 is 0 Å². The molecule has 0 aliphatic carbocycles. The van der Waals surface area contributed by atoms with E-state index < -0.39 is 6.67 Å². The molecule has 0 amide bonds. The third-order valence-electron chi connectivity index (χ3n) is 4.17. The molecule has 0 bridgehead atoms. The van der Waals surface area contributed by atoms with Crippen molar-refractivity contribution in [3.05, 3.63) is 36.4 Å². The van der Waals surface area contributed by atoms with E-state index in [1.807, 2.05) is 13.1 Å². The molecule has 2 N–H and O–H groups in total. The minimum Gasteiger partial charge on any atom is -0.508 e. The zero-order chi connectivity index (χ0) is 17.6. The van der Waals surface area contributed by atoms with Crippen LogP contribution in [0.15, 0.2) is 36.4 Å². The molecule has 2 aromatic carbocycles. The van der Waals surface area contributed by atoms with Gasteiger partial charge in [-0.2, -0.15) is 0 Å². The summed E-state index contributed by atoms with van der Waals surface area (Å²) in [6, 6.07) is 11.6. The van der Waals surface area contributed by atoms with Crippen LogP contribution in [-0.4, -0.2) is 56.8 Å². The van der Waals surface area contributed by atoms with Crippen LogP contribution in [0.4, 0.5) is 10.1 Å². The summed E-state index contributed by atoms with van der Waals surface area (Å²) >= 11 is 0. The summed E-state index contributed by atoms with van der Waals surface area (Å²) in [6.07, 6.45) is 0. The van der Waals surface area contributed by atoms with Gasteiger partial charge in [0.2, 0.25) is 0 Å². The number of hydrogen-bond acceptors (Lipinski definition) is 4. The zero-order valence-electron chi connectivity index (χ0n) is 14.3. The molecule has 3 aromatic rings. The molecule has 6 heteroatoms. The van der Waals surface area contributed by atoms with Gasteiger partial charge in [-0.15, -0.1) is 0 Å². The fourth-order valence-electron chi connectivity index (χ4n) is 2.83. The molecule has 0 fully saturated rings. The summed E-state index contributed by atoms with van der Waals surface area (Å²) < 4.78 is 22.4. The number of benzene rings is 2. The number of phenolic OH excluding ortho intramolecular Hbond substituents is 1. The lowest BCUT2D eigenvalue weighted by atomic mass is 10.1. The predicted molar refractivity (Wildman–Crippen MR) is 98.4 cm³/mol. The lowest BCUT2D eigenvalue weighted by molar-refractivity contribution is 0.0454. The van der Waals surface area contributed by atoms with Gasteiger partial charge in [-0.3, -0.25) is 0 Å². The molecular formula is C19H23FN2O3. The molecule has 0 spiro atoms. The first-order chi connectivity index (χ1) is 12.2. The first-order valence-corrected chi connectivity index (χ1v) is 8.36. The van der Waals surface area contributed by atoms with E-state index in [1.165, 1.54) is 0 Å². The largest absolute Gasteiger partial charge is 0.508 e. The number of phenols is 1. The predicted octanol–water partition coefficient (Wildman–Crippen LogP) is 3.47. The number of aromatic hydroxyl groups is 1. The highest BCUT2D eigenvalue weighted by Gasteiger charge is 2.08. The van der Waals surface area contributed by atoms with Crippen molar-refractivity contribution >= 4 is 27.5 Å². The van der Waals surface area contributed by atoms with Crippen LogP contribution >= 0.6 is 0 Å². The summed E-state index contributed by atoms with van der Waals surface area (Å²) in [7, 11) is 2.01. The summed E-state index contributed by atoms with van der Waals surface area (Å²) in [4.78, 5) is 5.46. The van der Waals surface area contributed by atoms with Crippen LogP contribution < -0.4 is 4.90 Å². The second-order valence-corrected chi connectivity index (χ2v) is 5.92. The van der Waals surface area contributed by atoms with E-state index in [0.717, 1.165) is 34.0 Å². The van der Waals surface area contributed by atoms with Crippen molar-refractivity contribution in [3.63, 3.8) is 0 Å². The molecule has 134 valence electrons. The van der Waals surface area contributed by atoms with E-state index in [-0.39, 0.29) is 12.4 Å². The Morgan fingerprint density at radius 3 is 2.40 bits per heavy atom. The van der Waals surface area contributed by atoms with Crippen LogP contribution in [0, 0.1) is 0 Å². The van der Waals surface area contributed by atoms with Gasteiger partial charge in [-0.1, -0.05) is 6.07 Å². The number of nitrogens with zero attached hydrogens (tertiary/aromatic N) is 1. The van der Waals surface area contributed by atoms with Crippen LogP contribution in [0.25, 0.3) is 21.8 Å². The molecule has 3 rings (SSSR count). The number of fused-ring (bicyclic) bond motifs is 3. The number of aromatic amines is 1. The molecule has 1 aromatic heterocycles. The molecule has 0 aliphatic rings. The zero-order valence-corrected chi connectivity index (χ0v) is 14.3. The van der Waals surface area contributed by atoms with Crippen molar-refractivity contribution in [1.82, 2.24) is 4.98 Å². The van der Waals surface area contributed by atoms with Crippen molar-refractivity contribution in [3.8, 4) is 5.75 Å². The van der Waals surface area contributed by atoms with Gasteiger partial charge in [0.25, 0.3) is 0 Å². The standard InChI is InChI=1S/C19H23FN2O3/c1-22(7-9-25-11-10-24-8-6-20)14-2-4-16-17-5-3-15(23)13-19(17)21-18(16)12-14/h2-5,12-13,21,23H,6-11H2,1H3. The van der Waals surface area contributed by atoms with E-state index >= 15 is 0 Å². The van der Waals surface area contributed by atoms with E-state index in [1.54, 1.807) is 12.1 Å². The van der Waals surface area contributed by atoms with Gasteiger partial charge in [0.1, 0.15) is 12.4 Å². The number of anilines is 1. The highest BCUT2D eigenvalue weighted by Crippen LogP contribution is 2.30. The Hall–Kier alpha value is -2.31. The highest BCUT2D eigenvalue weighted by molar-refractivity contribution is 6.08. The minimum atomic E-state index is -0.460. The average molecular weight is 346 g/mol. The smallest absolute Gasteiger partial charge is 0.117 e. The maximum atomic E-state index is 11.9. The SMILES string of the molecule is CN(CCOCCOCCF)c1ccc2c(c1)[nH]c1cc(O)ccc12. The number of alkyl halides is 1. The molecule has 5 nitrogen and oxygen atoms in total. The van der Waals surface area contributed by atoms with Gasteiger partial charge in [-0.25, -0.2) is 4.39 Å². The lowest BCUT2D eigenvalue weighted by Gasteiger charge is -2.19. The monoisotopic (exact) mass is 346 g/mol. The Morgan fingerprint density at radius 2 is 1.64 bits per heavy atom. The van der Waals surface area contributed by atoms with Crippen molar-refractivity contribution in [1.29, 1.82) is 0 Å². The highest BCUT2D eigenvalue weighted by atomic mass is 19.1. The Labute approximate surface area is 146 Å². The third kappa shape index (κ3) is 4.21. The maximum Gasteiger partial charge on any atom is 0.117 e. The number of H-pyrrole nitrogens is 1. The number of ether oxygens (including phenoxy) is 2. The third-order valence-corrected chi connectivity index (χ3v) is 4.17. The number of aromatic nitrogens is 1. The molecule has 25 heavy (non-hydrogen) atoms. The first-order valence-electron chi connectivity index (χ1n) is 8.36. The van der Waals surface area contributed by atoms with Gasteiger partial charge in [0, 0.05) is 41.6 Å². The second kappa shape index (κ2) is 8.18. The average Bonchev–Trinajstić information content (AvgIpc) is 2.97. The lowest BCUT2D eigenvalue weighted by Crippen LogP contribution is -2.23. The molecule has 0 aliphatic heterocycles. The summed E-state index contributed by atoms with van der Waals surface area (Å²) in [5.74, 6) is 0.254. The topological polar surface area (TPSA) is 57.7 Å². The number of nitrogens with one attached hydrogen (secondary N) is 1. The maximum absolute atomic E-state index is 11.9. The van der Waals surface area contributed by atoms with Gasteiger partial charge < -0.3 is 24.5 Å². The second-order valence-electron chi connectivity index (χ2n) is 5.92. The van der Waals surface area contributed by atoms with E-state index in [4.69, 9.17) is 9.47 Å². The Morgan fingerprint density at radius 1 is 0.960 bits per heavy atom. The number of likely N-dealkylation sites (N-methyl/N-ethyl adjacent to an activating group) is 1. The van der Waals surface area contributed by atoms with Gasteiger partial charge in [-0.05, 0) is 24.3 Å². The fourth-order valence-corrected chi connectivity index (χ4v) is 2.83. The van der Waals surface area contributed by atoms with Crippen molar-refractivity contribution < 1.29 is 19.0 Å². The number of halogens is 1. The summed E-state index contributed by atoms with van der Waals surface area (Å²) in [5.41, 5.74) is 3.04. The summed E-state index contributed by atoms with van der Waals surface area (Å²) in [5, 5.41) is 11.8. The van der Waals surface area contributed by atoms with Crippen LogP contribution in [0.1, 0.15) is 0 Å². The van der Waals surface area contributed by atoms with Crippen molar-refractivity contribution in [2.75, 3.05) is 51.6 Å². The first kappa shape index (κ1) is 17.5. The normalized spacial score (nSPS) is 11.4. The van der Waals surface area contributed by atoms with E-state index in [0.29, 0.717) is 19.8 Å². The van der Waals surface area contributed by atoms with Crippen molar-refractivity contribution in [2.45, 2.75) is 0 Å². The van der Waals surface area contributed by atoms with Crippen LogP contribution in [0.2, 0.25) is 0 Å².